The number of carboxylic acids is 1. The monoisotopic (exact) mass is 761 g/mol. The van der Waals surface area contributed by atoms with Crippen molar-refractivity contribution in [3.8, 4) is 0 Å². The van der Waals surface area contributed by atoms with E-state index in [9.17, 15) is 47.0 Å². The van der Waals surface area contributed by atoms with Crippen LogP contribution in [0.15, 0.2) is 102 Å². The van der Waals surface area contributed by atoms with Crippen molar-refractivity contribution in [2.45, 2.75) is 68.9 Å². The number of alkyl halides is 3. The Balaban J connectivity index is 1.51. The van der Waals surface area contributed by atoms with Gasteiger partial charge in [-0.1, -0.05) is 54.6 Å². The number of furan rings is 1. The molecular weight excluding hydrogens is 723 g/mol. The average molecular weight is 762 g/mol. The number of nitrogens with one attached hydrogen (secondary N) is 5. The van der Waals surface area contributed by atoms with Gasteiger partial charge in [0.2, 0.25) is 29.5 Å². The van der Waals surface area contributed by atoms with E-state index in [1.54, 1.807) is 48.5 Å². The zero-order valence-electron chi connectivity index (χ0n) is 29.2. The van der Waals surface area contributed by atoms with Gasteiger partial charge in [-0.05, 0) is 53.1 Å². The second-order valence-electron chi connectivity index (χ2n) is 13.0. The lowest BCUT2D eigenvalue weighted by atomic mass is 10.0. The molecule has 2 aliphatic rings. The number of halogens is 3. The summed E-state index contributed by atoms with van der Waals surface area (Å²) < 4.78 is 45.4. The highest BCUT2D eigenvalue weighted by Gasteiger charge is 2.34. The Morgan fingerprint density at radius 3 is 1.80 bits per heavy atom. The van der Waals surface area contributed by atoms with E-state index < -0.39 is 71.4 Å². The van der Waals surface area contributed by atoms with Gasteiger partial charge in [0.25, 0.3) is 0 Å². The molecule has 0 aliphatic carbocycles. The Morgan fingerprint density at radius 1 is 0.655 bits per heavy atom. The summed E-state index contributed by atoms with van der Waals surface area (Å²) in [4.78, 5) is 79.9. The fraction of sp³-hybridized carbons (Fsp3) is 0.282. The zero-order valence-corrected chi connectivity index (χ0v) is 29.2. The highest BCUT2D eigenvalue weighted by atomic mass is 19.4. The van der Waals surface area contributed by atoms with Gasteiger partial charge in [0.05, 0.1) is 11.8 Å². The third kappa shape index (κ3) is 11.8. The minimum atomic E-state index is -4.63. The van der Waals surface area contributed by atoms with Gasteiger partial charge >= 0.3 is 12.1 Å². The fourth-order valence-electron chi connectivity index (χ4n) is 5.87. The number of anilines is 1. The summed E-state index contributed by atoms with van der Waals surface area (Å²) >= 11 is 0. The number of carbonyl (C=O) groups is 6. The molecule has 3 aromatic carbocycles. The van der Waals surface area contributed by atoms with E-state index in [0.29, 0.717) is 16.8 Å². The maximum absolute atomic E-state index is 14.1. The van der Waals surface area contributed by atoms with Crippen molar-refractivity contribution < 1.29 is 51.5 Å². The Kier molecular flexibility index (Phi) is 13.0. The van der Waals surface area contributed by atoms with E-state index in [1.807, 2.05) is 0 Å². The SMILES string of the molecule is O=C1CCC(=O)NC(Cc2ccccc2)C(=O)N[C@@H](Cc2ccc(C(F)(F)F)cc2)C(=O)N[C@@H](Cc2ccco2)C(=O)N[C@H](C(=O)O)Cc2ccc(cc2)N1. The molecule has 4 atom stereocenters. The van der Waals surface area contributed by atoms with Crippen molar-refractivity contribution in [1.82, 2.24) is 21.3 Å². The molecule has 0 spiro atoms. The number of hydrogen-bond donors (Lipinski definition) is 6. The summed E-state index contributed by atoms with van der Waals surface area (Å²) in [6.07, 6.45) is -4.64. The van der Waals surface area contributed by atoms with Gasteiger partial charge in [0.1, 0.15) is 29.9 Å². The molecule has 2 bridgehead atoms. The Hall–Kier alpha value is -6.45. The molecule has 1 unspecified atom stereocenters. The minimum Gasteiger partial charge on any atom is -0.480 e. The molecule has 3 heterocycles. The molecule has 55 heavy (non-hydrogen) atoms. The van der Waals surface area contributed by atoms with Crippen molar-refractivity contribution in [3.05, 3.63) is 125 Å². The molecule has 16 heteroatoms. The summed E-state index contributed by atoms with van der Waals surface area (Å²) in [5, 5.41) is 22.9. The summed E-state index contributed by atoms with van der Waals surface area (Å²) in [5.41, 5.74) is 0.790. The third-order valence-corrected chi connectivity index (χ3v) is 8.78. The number of amides is 5. The second-order valence-corrected chi connectivity index (χ2v) is 13.0. The number of rotatable bonds is 7. The third-order valence-electron chi connectivity index (χ3n) is 8.78. The van der Waals surface area contributed by atoms with E-state index >= 15 is 0 Å². The van der Waals surface area contributed by atoms with Crippen LogP contribution in [0.5, 0.6) is 0 Å². The lowest BCUT2D eigenvalue weighted by Crippen LogP contribution is -2.59. The topological polar surface area (TPSA) is 196 Å². The Morgan fingerprint density at radius 2 is 1.22 bits per heavy atom. The highest BCUT2D eigenvalue weighted by molar-refractivity contribution is 5.96. The van der Waals surface area contributed by atoms with Gasteiger partial charge in [0, 0.05) is 44.2 Å². The molecule has 288 valence electrons. The number of benzene rings is 3. The molecule has 0 saturated carbocycles. The van der Waals surface area contributed by atoms with Gasteiger partial charge < -0.3 is 36.1 Å². The Bertz CT molecular complexity index is 1970. The molecule has 0 saturated heterocycles. The minimum absolute atomic E-state index is 0.0360. The summed E-state index contributed by atoms with van der Waals surface area (Å²) in [5.74, 6) is -4.95. The van der Waals surface area contributed by atoms with Crippen LogP contribution in [0.4, 0.5) is 18.9 Å². The van der Waals surface area contributed by atoms with Crippen LogP contribution >= 0.6 is 0 Å². The summed E-state index contributed by atoms with van der Waals surface area (Å²) in [6, 6.07) is 16.1. The van der Waals surface area contributed by atoms with Crippen LogP contribution in [0.2, 0.25) is 0 Å². The van der Waals surface area contributed by atoms with Gasteiger partial charge in [0.15, 0.2) is 0 Å². The molecule has 13 nitrogen and oxygen atoms in total. The predicted molar refractivity (Wildman–Crippen MR) is 191 cm³/mol. The molecule has 6 N–H and O–H groups in total. The van der Waals surface area contributed by atoms with E-state index in [4.69, 9.17) is 4.42 Å². The largest absolute Gasteiger partial charge is 0.480 e. The predicted octanol–water partition coefficient (Wildman–Crippen LogP) is 3.33. The lowest BCUT2D eigenvalue weighted by molar-refractivity contribution is -0.142. The quantitative estimate of drug-likeness (QED) is 0.154. The fourth-order valence-corrected chi connectivity index (χ4v) is 5.87. The highest BCUT2D eigenvalue weighted by Crippen LogP contribution is 2.29. The van der Waals surface area contributed by atoms with Crippen molar-refractivity contribution in [2.24, 2.45) is 0 Å². The molecule has 2 aliphatic heterocycles. The summed E-state index contributed by atoms with van der Waals surface area (Å²) in [7, 11) is 0. The number of aliphatic carboxylic acids is 1. The van der Waals surface area contributed by atoms with Gasteiger partial charge in [-0.3, -0.25) is 24.0 Å². The van der Waals surface area contributed by atoms with E-state index in [-0.39, 0.29) is 49.8 Å². The molecule has 0 fully saturated rings. The summed E-state index contributed by atoms with van der Waals surface area (Å²) in [6.45, 7) is 0. The molecule has 6 rings (SSSR count). The average Bonchev–Trinajstić information content (AvgIpc) is 3.66. The van der Waals surface area contributed by atoms with Crippen LogP contribution in [0.25, 0.3) is 0 Å². The van der Waals surface area contributed by atoms with Crippen LogP contribution in [-0.2, 0) is 60.6 Å². The smallest absolute Gasteiger partial charge is 0.416 e. The molecule has 1 aromatic heterocycles. The van der Waals surface area contributed by atoms with Gasteiger partial charge in [-0.25, -0.2) is 4.79 Å². The molecule has 4 aromatic rings. The first-order chi connectivity index (χ1) is 26.2. The molecular formula is C39H38F3N5O8. The van der Waals surface area contributed by atoms with Crippen molar-refractivity contribution in [1.29, 1.82) is 0 Å². The van der Waals surface area contributed by atoms with Gasteiger partial charge in [-0.2, -0.15) is 13.2 Å². The first-order valence-electron chi connectivity index (χ1n) is 17.3. The van der Waals surface area contributed by atoms with Crippen molar-refractivity contribution in [3.63, 3.8) is 0 Å². The standard InChI is InChI=1S/C39H38F3N5O8/c40-39(41,42)26-12-8-24(9-13-26)20-30-36(51)46-31(22-28-7-4-18-55-28)37(52)47-32(38(53)54)21-25-10-14-27(15-11-25)43-33(48)16-17-34(49)44-29(35(50)45-30)19-23-5-2-1-3-6-23/h1-15,18,29-32H,16-17,19-22H2,(H,43,48)(H,44,49)(H,45,50)(H,46,51)(H,47,52)(H,53,54)/t29?,30-,31-,32-/m0/s1. The number of carbonyl (C=O) groups excluding carboxylic acids is 5. The van der Waals surface area contributed by atoms with E-state index in [1.165, 1.54) is 24.5 Å². The van der Waals surface area contributed by atoms with Crippen LogP contribution in [0.1, 0.15) is 40.9 Å². The normalized spacial score (nSPS) is 20.6. The molecule has 5 amide bonds. The van der Waals surface area contributed by atoms with Crippen LogP contribution < -0.4 is 26.6 Å². The van der Waals surface area contributed by atoms with Crippen LogP contribution in [0, 0.1) is 0 Å². The number of carboxylic acid groups (broad SMARTS) is 1. The van der Waals surface area contributed by atoms with Gasteiger partial charge in [-0.15, -0.1) is 0 Å². The second kappa shape index (κ2) is 18.1. The van der Waals surface area contributed by atoms with E-state index in [0.717, 1.165) is 24.3 Å². The Labute approximate surface area is 313 Å². The maximum Gasteiger partial charge on any atom is 0.416 e. The first-order valence-corrected chi connectivity index (χ1v) is 17.3. The first kappa shape index (κ1) is 39.8. The number of fused-ring (bicyclic) bond motifs is 18. The van der Waals surface area contributed by atoms with Crippen molar-refractivity contribution >= 4 is 41.2 Å². The zero-order chi connectivity index (χ0) is 39.5. The molecule has 0 radical (unpaired) electrons. The van der Waals surface area contributed by atoms with Crippen LogP contribution in [-0.4, -0.2) is 64.8 Å². The number of hydrogen-bond acceptors (Lipinski definition) is 7. The lowest BCUT2D eigenvalue weighted by Gasteiger charge is -2.26. The van der Waals surface area contributed by atoms with E-state index in [2.05, 4.69) is 26.6 Å². The van der Waals surface area contributed by atoms with Crippen LogP contribution in [0.3, 0.4) is 0 Å². The van der Waals surface area contributed by atoms with Crippen molar-refractivity contribution in [2.75, 3.05) is 5.32 Å². The maximum atomic E-state index is 14.1.